The molecule has 1 fully saturated rings. The number of hydrogen-bond donors (Lipinski definition) is 1. The van der Waals surface area contributed by atoms with Gasteiger partial charge < -0.3 is 9.84 Å². The SMILES string of the molecule is OC1CC(Oc2ccc3c(c2)CCC3)C1. The van der Waals surface area contributed by atoms with E-state index in [1.807, 2.05) is 0 Å². The largest absolute Gasteiger partial charge is 0.490 e. The number of rotatable bonds is 2. The monoisotopic (exact) mass is 204 g/mol. The molecule has 1 aromatic rings. The molecule has 2 aliphatic rings. The number of benzene rings is 1. The molecule has 0 amide bonds. The summed E-state index contributed by atoms with van der Waals surface area (Å²) in [4.78, 5) is 0. The van der Waals surface area contributed by atoms with Crippen molar-refractivity contribution in [3.05, 3.63) is 29.3 Å². The van der Waals surface area contributed by atoms with E-state index in [2.05, 4.69) is 18.2 Å². The molecule has 15 heavy (non-hydrogen) atoms. The Morgan fingerprint density at radius 3 is 2.73 bits per heavy atom. The van der Waals surface area contributed by atoms with Gasteiger partial charge in [-0.1, -0.05) is 6.07 Å². The maximum absolute atomic E-state index is 9.17. The maximum atomic E-state index is 9.17. The van der Waals surface area contributed by atoms with Crippen LogP contribution in [0.15, 0.2) is 18.2 Å². The molecule has 0 aromatic heterocycles. The van der Waals surface area contributed by atoms with Crippen LogP contribution in [0.5, 0.6) is 5.75 Å². The lowest BCUT2D eigenvalue weighted by Gasteiger charge is -2.31. The smallest absolute Gasteiger partial charge is 0.120 e. The van der Waals surface area contributed by atoms with Crippen LogP contribution < -0.4 is 4.74 Å². The molecule has 0 aliphatic heterocycles. The van der Waals surface area contributed by atoms with E-state index in [1.165, 1.54) is 30.4 Å². The molecule has 0 heterocycles. The molecule has 0 atom stereocenters. The first-order chi connectivity index (χ1) is 7.31. The van der Waals surface area contributed by atoms with Crippen molar-refractivity contribution in [2.75, 3.05) is 0 Å². The van der Waals surface area contributed by atoms with E-state index >= 15 is 0 Å². The molecule has 0 radical (unpaired) electrons. The first-order valence-corrected chi connectivity index (χ1v) is 5.78. The molecule has 2 aliphatic carbocycles. The summed E-state index contributed by atoms with van der Waals surface area (Å²) < 4.78 is 5.79. The molecule has 0 spiro atoms. The number of fused-ring (bicyclic) bond motifs is 1. The number of hydrogen-bond acceptors (Lipinski definition) is 2. The summed E-state index contributed by atoms with van der Waals surface area (Å²) in [6.45, 7) is 0. The molecule has 1 N–H and O–H groups in total. The van der Waals surface area contributed by atoms with Gasteiger partial charge >= 0.3 is 0 Å². The quantitative estimate of drug-likeness (QED) is 0.799. The minimum atomic E-state index is -0.135. The normalized spacial score (nSPS) is 28.3. The van der Waals surface area contributed by atoms with Crippen molar-refractivity contribution < 1.29 is 9.84 Å². The first kappa shape index (κ1) is 9.22. The van der Waals surface area contributed by atoms with Gasteiger partial charge in [-0.15, -0.1) is 0 Å². The highest BCUT2D eigenvalue weighted by Gasteiger charge is 2.29. The third-order valence-corrected chi connectivity index (χ3v) is 3.44. The lowest BCUT2D eigenvalue weighted by atomic mass is 9.92. The minimum Gasteiger partial charge on any atom is -0.490 e. The average molecular weight is 204 g/mol. The highest BCUT2D eigenvalue weighted by Crippen LogP contribution is 2.30. The zero-order valence-electron chi connectivity index (χ0n) is 8.78. The summed E-state index contributed by atoms with van der Waals surface area (Å²) in [6.07, 6.45) is 5.37. The molecule has 2 heteroatoms. The Hall–Kier alpha value is -1.02. The van der Waals surface area contributed by atoms with Gasteiger partial charge in [0.15, 0.2) is 0 Å². The van der Waals surface area contributed by atoms with E-state index < -0.39 is 0 Å². The second-order valence-corrected chi connectivity index (χ2v) is 4.65. The second kappa shape index (κ2) is 3.53. The Balaban J connectivity index is 1.70. The van der Waals surface area contributed by atoms with Crippen molar-refractivity contribution in [2.45, 2.75) is 44.3 Å². The van der Waals surface area contributed by atoms with Crippen LogP contribution in [0.3, 0.4) is 0 Å². The van der Waals surface area contributed by atoms with E-state index in [0.29, 0.717) is 0 Å². The van der Waals surface area contributed by atoms with Crippen molar-refractivity contribution in [2.24, 2.45) is 0 Å². The molecule has 0 unspecified atom stereocenters. The van der Waals surface area contributed by atoms with Gasteiger partial charge in [0.05, 0.1) is 6.10 Å². The van der Waals surface area contributed by atoms with Gasteiger partial charge in [0.1, 0.15) is 11.9 Å². The van der Waals surface area contributed by atoms with E-state index in [4.69, 9.17) is 4.74 Å². The van der Waals surface area contributed by atoms with Crippen LogP contribution in [0.1, 0.15) is 30.4 Å². The van der Waals surface area contributed by atoms with Gasteiger partial charge in [-0.25, -0.2) is 0 Å². The molecule has 0 saturated heterocycles. The molecule has 3 rings (SSSR count). The number of ether oxygens (including phenoxy) is 1. The Kier molecular flexibility index (Phi) is 2.17. The molecule has 2 nitrogen and oxygen atoms in total. The minimum absolute atomic E-state index is 0.135. The molecule has 1 saturated carbocycles. The topological polar surface area (TPSA) is 29.5 Å². The summed E-state index contributed by atoms with van der Waals surface area (Å²) in [5.74, 6) is 0.979. The number of aryl methyl sites for hydroxylation is 2. The predicted molar refractivity (Wildman–Crippen MR) is 58.1 cm³/mol. The predicted octanol–water partition coefficient (Wildman–Crippen LogP) is 2.08. The fourth-order valence-electron chi connectivity index (χ4n) is 2.45. The molecule has 80 valence electrons. The lowest BCUT2D eigenvalue weighted by molar-refractivity contribution is -0.0108. The third kappa shape index (κ3) is 1.74. The van der Waals surface area contributed by atoms with Crippen molar-refractivity contribution in [1.29, 1.82) is 0 Å². The zero-order chi connectivity index (χ0) is 10.3. The fraction of sp³-hybridized carbons (Fsp3) is 0.538. The van der Waals surface area contributed by atoms with Crippen LogP contribution in [0.4, 0.5) is 0 Å². The second-order valence-electron chi connectivity index (χ2n) is 4.65. The number of aliphatic hydroxyl groups excluding tert-OH is 1. The molecular weight excluding hydrogens is 188 g/mol. The van der Waals surface area contributed by atoms with Crippen molar-refractivity contribution in [3.8, 4) is 5.75 Å². The van der Waals surface area contributed by atoms with Crippen molar-refractivity contribution in [3.63, 3.8) is 0 Å². The molecule has 0 bridgehead atoms. The van der Waals surface area contributed by atoms with E-state index in [9.17, 15) is 5.11 Å². The Bertz CT molecular complexity index is 367. The zero-order valence-corrected chi connectivity index (χ0v) is 8.78. The first-order valence-electron chi connectivity index (χ1n) is 5.78. The average Bonchev–Trinajstić information content (AvgIpc) is 2.62. The fourth-order valence-corrected chi connectivity index (χ4v) is 2.45. The van der Waals surface area contributed by atoms with E-state index in [1.54, 1.807) is 0 Å². The Morgan fingerprint density at radius 1 is 1.13 bits per heavy atom. The van der Waals surface area contributed by atoms with Gasteiger partial charge in [0.2, 0.25) is 0 Å². The summed E-state index contributed by atoms with van der Waals surface area (Å²) in [7, 11) is 0. The van der Waals surface area contributed by atoms with Gasteiger partial charge in [0, 0.05) is 12.8 Å². The summed E-state index contributed by atoms with van der Waals surface area (Å²) in [6, 6.07) is 6.43. The third-order valence-electron chi connectivity index (χ3n) is 3.44. The van der Waals surface area contributed by atoms with E-state index in [-0.39, 0.29) is 12.2 Å². The van der Waals surface area contributed by atoms with Gasteiger partial charge in [0.25, 0.3) is 0 Å². The van der Waals surface area contributed by atoms with Crippen LogP contribution in [-0.4, -0.2) is 17.3 Å². The van der Waals surface area contributed by atoms with Crippen LogP contribution in [-0.2, 0) is 12.8 Å². The Morgan fingerprint density at radius 2 is 1.93 bits per heavy atom. The standard InChI is InChI=1S/C13H16O2/c14-11-7-13(8-11)15-12-5-4-9-2-1-3-10(9)6-12/h4-6,11,13-14H,1-3,7-8H2. The lowest BCUT2D eigenvalue weighted by Crippen LogP contribution is -2.37. The van der Waals surface area contributed by atoms with Crippen LogP contribution in [0, 0.1) is 0 Å². The van der Waals surface area contributed by atoms with Crippen molar-refractivity contribution >= 4 is 0 Å². The summed E-state index contributed by atoms with van der Waals surface area (Å²) in [5, 5.41) is 9.17. The van der Waals surface area contributed by atoms with Crippen molar-refractivity contribution in [1.82, 2.24) is 0 Å². The molecule has 1 aromatic carbocycles. The molecular formula is C13H16O2. The number of aliphatic hydroxyl groups is 1. The highest BCUT2D eigenvalue weighted by molar-refractivity contribution is 5.38. The van der Waals surface area contributed by atoms with Crippen LogP contribution >= 0.6 is 0 Å². The Labute approximate surface area is 89.9 Å². The van der Waals surface area contributed by atoms with Gasteiger partial charge in [-0.2, -0.15) is 0 Å². The van der Waals surface area contributed by atoms with Crippen LogP contribution in [0.2, 0.25) is 0 Å². The summed E-state index contributed by atoms with van der Waals surface area (Å²) in [5.41, 5.74) is 2.93. The van der Waals surface area contributed by atoms with Crippen LogP contribution in [0.25, 0.3) is 0 Å². The van der Waals surface area contributed by atoms with E-state index in [0.717, 1.165) is 18.6 Å². The van der Waals surface area contributed by atoms with Gasteiger partial charge in [-0.3, -0.25) is 0 Å². The summed E-state index contributed by atoms with van der Waals surface area (Å²) >= 11 is 0. The maximum Gasteiger partial charge on any atom is 0.120 e. The highest BCUT2D eigenvalue weighted by atomic mass is 16.5. The van der Waals surface area contributed by atoms with Gasteiger partial charge in [-0.05, 0) is 42.5 Å².